The molecule has 1 aromatic heterocycles. The Morgan fingerprint density at radius 2 is 1.86 bits per heavy atom. The van der Waals surface area contributed by atoms with Gasteiger partial charge in [0.05, 0.1) is 0 Å². The molecule has 2 nitrogen and oxygen atoms in total. The van der Waals surface area contributed by atoms with Crippen LogP contribution in [0.4, 0.5) is 0 Å². The van der Waals surface area contributed by atoms with Gasteiger partial charge in [-0.1, -0.05) is 13.0 Å². The van der Waals surface area contributed by atoms with Gasteiger partial charge in [-0.05, 0) is 69.0 Å². The highest BCUT2D eigenvalue weighted by Crippen LogP contribution is 2.33. The lowest BCUT2D eigenvalue weighted by Gasteiger charge is -2.25. The Hall–Kier alpha value is -1.32. The van der Waals surface area contributed by atoms with Crippen LogP contribution < -0.4 is 10.5 Å². The predicted octanol–water partition coefficient (Wildman–Crippen LogP) is 4.84. The van der Waals surface area contributed by atoms with E-state index < -0.39 is 0 Å². The van der Waals surface area contributed by atoms with E-state index >= 15 is 0 Å². The Labute approximate surface area is 132 Å². The summed E-state index contributed by atoms with van der Waals surface area (Å²) in [7, 11) is 0. The van der Waals surface area contributed by atoms with Gasteiger partial charge in [0.2, 0.25) is 0 Å². The smallest absolute Gasteiger partial charge is 0.148 e. The zero-order valence-corrected chi connectivity index (χ0v) is 14.4. The minimum Gasteiger partial charge on any atom is -0.483 e. The summed E-state index contributed by atoms with van der Waals surface area (Å²) in [4.78, 5) is 2.50. The maximum absolute atomic E-state index is 6.34. The van der Waals surface area contributed by atoms with E-state index in [2.05, 4.69) is 58.9 Å². The Balaban J connectivity index is 2.36. The highest BCUT2D eigenvalue weighted by Gasteiger charge is 2.23. The van der Waals surface area contributed by atoms with Gasteiger partial charge in [-0.25, -0.2) is 0 Å². The largest absolute Gasteiger partial charge is 0.483 e. The fourth-order valence-corrected chi connectivity index (χ4v) is 3.42. The van der Waals surface area contributed by atoms with Crippen molar-refractivity contribution in [2.24, 2.45) is 5.73 Å². The summed E-state index contributed by atoms with van der Waals surface area (Å²) in [5, 5.41) is 0. The van der Waals surface area contributed by atoms with Crippen LogP contribution in [0.3, 0.4) is 0 Å². The lowest BCUT2D eigenvalue weighted by atomic mass is 10.0. The van der Waals surface area contributed by atoms with Crippen molar-refractivity contribution in [2.45, 2.75) is 53.2 Å². The molecule has 0 bridgehead atoms. The first-order valence-corrected chi connectivity index (χ1v) is 8.30. The number of rotatable bonds is 5. The van der Waals surface area contributed by atoms with E-state index in [1.165, 1.54) is 26.4 Å². The molecule has 1 aromatic carbocycles. The Bertz CT molecular complexity index is 618. The molecule has 3 heteroatoms. The lowest BCUT2D eigenvalue weighted by molar-refractivity contribution is 0.173. The Morgan fingerprint density at radius 3 is 2.43 bits per heavy atom. The van der Waals surface area contributed by atoms with Crippen LogP contribution in [0.2, 0.25) is 0 Å². The summed E-state index contributed by atoms with van der Waals surface area (Å²) in [5.74, 6) is 0.951. The molecule has 2 atom stereocenters. The molecule has 114 valence electrons. The number of benzene rings is 1. The summed E-state index contributed by atoms with van der Waals surface area (Å²) in [6, 6.07) is 8.57. The molecule has 0 saturated carbocycles. The van der Waals surface area contributed by atoms with E-state index in [0.29, 0.717) is 0 Å². The molecule has 0 radical (unpaired) electrons. The molecular weight excluding hydrogens is 278 g/mol. The third-order valence-electron chi connectivity index (χ3n) is 3.92. The minimum absolute atomic E-state index is 0.00303. The van der Waals surface area contributed by atoms with Crippen molar-refractivity contribution in [3.8, 4) is 5.75 Å². The van der Waals surface area contributed by atoms with Crippen LogP contribution in [0, 0.1) is 27.7 Å². The van der Waals surface area contributed by atoms with E-state index in [0.717, 1.165) is 12.2 Å². The van der Waals surface area contributed by atoms with Gasteiger partial charge < -0.3 is 10.5 Å². The number of ether oxygens (including phenoxy) is 1. The average Bonchev–Trinajstić information content (AvgIpc) is 2.86. The third-order valence-corrected chi connectivity index (χ3v) is 4.98. The first kappa shape index (κ1) is 16.1. The molecule has 21 heavy (non-hydrogen) atoms. The van der Waals surface area contributed by atoms with E-state index in [4.69, 9.17) is 10.5 Å². The highest BCUT2D eigenvalue weighted by atomic mass is 32.1. The standard InChI is InChI=1S/C18H25NOS/c1-6-15(19)18(17-8-7-13(4)21-17)20-16-10-11(2)9-12(3)14(16)5/h7-10,15,18H,6,19H2,1-5H3. The summed E-state index contributed by atoms with van der Waals surface area (Å²) in [5.41, 5.74) is 9.99. The molecule has 0 fully saturated rings. The van der Waals surface area contributed by atoms with Crippen LogP contribution in [0.25, 0.3) is 0 Å². The molecule has 0 amide bonds. The topological polar surface area (TPSA) is 35.2 Å². The number of aryl methyl sites for hydroxylation is 3. The van der Waals surface area contributed by atoms with Gasteiger partial charge in [-0.15, -0.1) is 11.3 Å². The first-order valence-electron chi connectivity index (χ1n) is 7.48. The lowest BCUT2D eigenvalue weighted by Crippen LogP contribution is -2.31. The third kappa shape index (κ3) is 3.66. The van der Waals surface area contributed by atoms with E-state index in [1.54, 1.807) is 11.3 Å². The van der Waals surface area contributed by atoms with Gasteiger partial charge in [-0.3, -0.25) is 0 Å². The second kappa shape index (κ2) is 6.63. The second-order valence-corrected chi connectivity index (χ2v) is 7.08. The van der Waals surface area contributed by atoms with Crippen LogP contribution in [0.15, 0.2) is 24.3 Å². The van der Waals surface area contributed by atoms with Crippen molar-refractivity contribution in [1.82, 2.24) is 0 Å². The van der Waals surface area contributed by atoms with Crippen LogP contribution in [0.5, 0.6) is 5.75 Å². The van der Waals surface area contributed by atoms with Gasteiger partial charge in [0.1, 0.15) is 11.9 Å². The number of hydrogen-bond donors (Lipinski definition) is 1. The van der Waals surface area contributed by atoms with Crippen LogP contribution in [-0.4, -0.2) is 6.04 Å². The highest BCUT2D eigenvalue weighted by molar-refractivity contribution is 7.12. The molecule has 2 unspecified atom stereocenters. The summed E-state index contributed by atoms with van der Waals surface area (Å²) in [6.07, 6.45) is 0.819. The van der Waals surface area contributed by atoms with Gasteiger partial charge in [-0.2, -0.15) is 0 Å². The van der Waals surface area contributed by atoms with Crippen LogP contribution >= 0.6 is 11.3 Å². The normalized spacial score (nSPS) is 14.0. The monoisotopic (exact) mass is 303 g/mol. The van der Waals surface area contributed by atoms with Gasteiger partial charge in [0.25, 0.3) is 0 Å². The fourth-order valence-electron chi connectivity index (χ4n) is 2.44. The zero-order chi connectivity index (χ0) is 15.6. The maximum atomic E-state index is 6.34. The second-order valence-electron chi connectivity index (χ2n) is 5.76. The molecule has 2 N–H and O–H groups in total. The molecule has 0 aliphatic rings. The van der Waals surface area contributed by atoms with E-state index in [9.17, 15) is 0 Å². The molecule has 0 saturated heterocycles. The minimum atomic E-state index is -0.0754. The first-order chi connectivity index (χ1) is 9.92. The fraction of sp³-hybridized carbons (Fsp3) is 0.444. The Kier molecular flexibility index (Phi) is 5.07. The molecule has 2 rings (SSSR count). The average molecular weight is 303 g/mol. The zero-order valence-electron chi connectivity index (χ0n) is 13.6. The maximum Gasteiger partial charge on any atom is 0.148 e. The molecule has 0 aliphatic heterocycles. The number of thiophene rings is 1. The van der Waals surface area contributed by atoms with Crippen molar-refractivity contribution >= 4 is 11.3 Å². The quantitative estimate of drug-likeness (QED) is 0.858. The van der Waals surface area contributed by atoms with Gasteiger partial charge >= 0.3 is 0 Å². The summed E-state index contributed by atoms with van der Waals surface area (Å²) < 4.78 is 6.34. The van der Waals surface area contributed by atoms with Crippen LogP contribution in [-0.2, 0) is 0 Å². The van der Waals surface area contributed by atoms with Crippen molar-refractivity contribution in [2.75, 3.05) is 0 Å². The Morgan fingerprint density at radius 1 is 1.14 bits per heavy atom. The van der Waals surface area contributed by atoms with Crippen molar-refractivity contribution in [3.63, 3.8) is 0 Å². The molecule has 2 aromatic rings. The van der Waals surface area contributed by atoms with Crippen molar-refractivity contribution in [3.05, 3.63) is 50.7 Å². The molecule has 0 aliphatic carbocycles. The molecular formula is C18H25NOS. The SMILES string of the molecule is CCC(N)C(Oc1cc(C)cc(C)c1C)c1ccc(C)s1. The van der Waals surface area contributed by atoms with E-state index in [-0.39, 0.29) is 12.1 Å². The van der Waals surface area contributed by atoms with Crippen molar-refractivity contribution < 1.29 is 4.74 Å². The van der Waals surface area contributed by atoms with Crippen molar-refractivity contribution in [1.29, 1.82) is 0 Å². The predicted molar refractivity (Wildman–Crippen MR) is 91.3 cm³/mol. The summed E-state index contributed by atoms with van der Waals surface area (Å²) in [6.45, 7) is 10.6. The molecule has 0 spiro atoms. The number of hydrogen-bond acceptors (Lipinski definition) is 3. The van der Waals surface area contributed by atoms with Crippen LogP contribution in [0.1, 0.15) is 45.9 Å². The number of nitrogens with two attached hydrogens (primary N) is 1. The molecule has 1 heterocycles. The summed E-state index contributed by atoms with van der Waals surface area (Å²) >= 11 is 1.77. The van der Waals surface area contributed by atoms with E-state index in [1.807, 2.05) is 0 Å². The van der Waals surface area contributed by atoms with Gasteiger partial charge in [0.15, 0.2) is 0 Å². The van der Waals surface area contributed by atoms with Gasteiger partial charge in [0, 0.05) is 15.8 Å².